The Kier molecular flexibility index (Phi) is 6.05. The third-order valence-corrected chi connectivity index (χ3v) is 5.20. The van der Waals surface area contributed by atoms with Crippen LogP contribution in [0, 0.1) is 0 Å². The van der Waals surface area contributed by atoms with Crippen LogP contribution in [-0.4, -0.2) is 22.9 Å². The van der Waals surface area contributed by atoms with Crippen LogP contribution < -0.4 is 10.2 Å². The maximum Gasteiger partial charge on any atom is 0.435 e. The highest BCUT2D eigenvalue weighted by molar-refractivity contribution is 5.71. The molecule has 3 rings (SSSR count). The van der Waals surface area contributed by atoms with E-state index in [4.69, 9.17) is 0 Å². The number of aromatic nitrogens is 2. The Morgan fingerprint density at radius 3 is 2.55 bits per heavy atom. The summed E-state index contributed by atoms with van der Waals surface area (Å²) >= 11 is 0. The van der Waals surface area contributed by atoms with Crippen molar-refractivity contribution in [1.82, 2.24) is 15.1 Å². The molecule has 1 aliphatic heterocycles. The minimum Gasteiger partial charge on any atom is -0.368 e. The topological polar surface area (TPSA) is 33.1 Å². The van der Waals surface area contributed by atoms with Gasteiger partial charge in [-0.05, 0) is 56.2 Å². The highest BCUT2D eigenvalue weighted by atomic mass is 19.4. The smallest absolute Gasteiger partial charge is 0.368 e. The van der Waals surface area contributed by atoms with E-state index in [1.54, 1.807) is 7.05 Å². The first-order valence-corrected chi connectivity index (χ1v) is 9.76. The summed E-state index contributed by atoms with van der Waals surface area (Å²) in [4.78, 5) is 2.27. The van der Waals surface area contributed by atoms with E-state index in [9.17, 15) is 13.2 Å². The third-order valence-electron chi connectivity index (χ3n) is 5.20. The summed E-state index contributed by atoms with van der Waals surface area (Å²) < 4.78 is 40.3. The number of hydrogen-bond donors (Lipinski definition) is 1. The second-order valence-corrected chi connectivity index (χ2v) is 7.55. The summed E-state index contributed by atoms with van der Waals surface area (Å²) in [7, 11) is 1.54. The lowest BCUT2D eigenvalue weighted by atomic mass is 10.1. The number of nitrogens with one attached hydrogen (secondary N) is 1. The van der Waals surface area contributed by atoms with Gasteiger partial charge in [-0.15, -0.1) is 0 Å². The molecule has 1 aromatic heterocycles. The van der Waals surface area contributed by atoms with Gasteiger partial charge in [-0.1, -0.05) is 24.6 Å². The molecule has 156 valence electrons. The minimum atomic E-state index is -4.45. The maximum atomic E-state index is 13.0. The van der Waals surface area contributed by atoms with Crippen molar-refractivity contribution in [3.63, 3.8) is 0 Å². The summed E-state index contributed by atoms with van der Waals surface area (Å²) in [6, 6.07) is 6.97. The molecule has 1 aromatic carbocycles. The van der Waals surface area contributed by atoms with Crippen molar-refractivity contribution in [2.45, 2.75) is 39.8 Å². The fraction of sp³-hybridized carbons (Fsp3) is 0.409. The highest BCUT2D eigenvalue weighted by Gasteiger charge is 2.34. The molecule has 4 nitrogen and oxygen atoms in total. The van der Waals surface area contributed by atoms with E-state index in [1.807, 2.05) is 30.6 Å². The summed E-state index contributed by atoms with van der Waals surface area (Å²) in [5, 5.41) is 6.86. The first-order valence-electron chi connectivity index (χ1n) is 9.76. The molecule has 0 atom stereocenters. The van der Waals surface area contributed by atoms with Gasteiger partial charge < -0.3 is 10.2 Å². The molecule has 0 radical (unpaired) electrons. The van der Waals surface area contributed by atoms with Gasteiger partial charge in [0.05, 0.1) is 5.69 Å². The number of rotatable bonds is 6. The van der Waals surface area contributed by atoms with E-state index >= 15 is 0 Å². The standard InChI is InChI=1S/C22H27F3N4/c1-5-15(2)12-26-13-16(3)14-29-9-8-17-6-7-18(10-20(17)29)19-11-21(22(23,24)25)27-28(19)4/h6-7,10-13,26H,5,8-9,14H2,1-4H3/b15-12+,16-13+. The van der Waals surface area contributed by atoms with Gasteiger partial charge in [-0.3, -0.25) is 4.68 Å². The Morgan fingerprint density at radius 2 is 1.90 bits per heavy atom. The van der Waals surface area contributed by atoms with Crippen molar-refractivity contribution in [3.8, 4) is 11.3 Å². The number of anilines is 1. The van der Waals surface area contributed by atoms with Crippen LogP contribution in [0.4, 0.5) is 18.9 Å². The van der Waals surface area contributed by atoms with Gasteiger partial charge in [0.2, 0.25) is 0 Å². The number of fused-ring (bicyclic) bond motifs is 1. The number of aryl methyl sites for hydroxylation is 1. The van der Waals surface area contributed by atoms with Crippen LogP contribution in [0.15, 0.2) is 47.8 Å². The first kappa shape index (κ1) is 21.0. The normalized spacial score (nSPS) is 15.1. The largest absolute Gasteiger partial charge is 0.435 e. The van der Waals surface area contributed by atoms with Gasteiger partial charge in [0.1, 0.15) is 0 Å². The zero-order valence-electron chi connectivity index (χ0n) is 17.3. The SMILES string of the molecule is CC/C(C)=C/N/C=C(\C)CN1CCc2ccc(-c3cc(C(F)(F)F)nn3C)cc21. The van der Waals surface area contributed by atoms with E-state index in [1.165, 1.54) is 21.4 Å². The lowest BCUT2D eigenvalue weighted by Gasteiger charge is -2.20. The summed E-state index contributed by atoms with van der Waals surface area (Å²) in [5.74, 6) is 0. The third kappa shape index (κ3) is 4.83. The molecule has 0 fully saturated rings. The van der Waals surface area contributed by atoms with Gasteiger partial charge in [-0.25, -0.2) is 0 Å². The fourth-order valence-electron chi connectivity index (χ4n) is 3.42. The number of hydrogen-bond acceptors (Lipinski definition) is 3. The van der Waals surface area contributed by atoms with E-state index in [2.05, 4.69) is 36.1 Å². The molecular weight excluding hydrogens is 377 g/mol. The van der Waals surface area contributed by atoms with Crippen LogP contribution in [0.5, 0.6) is 0 Å². The van der Waals surface area contributed by atoms with Crippen LogP contribution in [0.25, 0.3) is 11.3 Å². The van der Waals surface area contributed by atoms with Crippen molar-refractivity contribution in [1.29, 1.82) is 0 Å². The zero-order chi connectivity index (χ0) is 21.2. The minimum absolute atomic E-state index is 0.459. The molecule has 0 bridgehead atoms. The number of halogens is 3. The number of allylic oxidation sites excluding steroid dienone is 1. The number of nitrogens with zero attached hydrogens (tertiary/aromatic N) is 3. The Hall–Kier alpha value is -2.70. The Balaban J connectivity index is 1.81. The van der Waals surface area contributed by atoms with Gasteiger partial charge in [0.15, 0.2) is 5.69 Å². The summed E-state index contributed by atoms with van der Waals surface area (Å²) in [5.41, 5.74) is 5.08. The van der Waals surface area contributed by atoms with Crippen LogP contribution in [0.1, 0.15) is 38.4 Å². The molecule has 7 heteroatoms. The second-order valence-electron chi connectivity index (χ2n) is 7.55. The average Bonchev–Trinajstić information content (AvgIpc) is 3.24. The molecule has 0 unspecified atom stereocenters. The lowest BCUT2D eigenvalue weighted by molar-refractivity contribution is -0.141. The van der Waals surface area contributed by atoms with Crippen molar-refractivity contribution >= 4 is 5.69 Å². The van der Waals surface area contributed by atoms with Gasteiger partial charge in [0, 0.05) is 37.6 Å². The average molecular weight is 404 g/mol. The molecule has 2 heterocycles. The van der Waals surface area contributed by atoms with Crippen molar-refractivity contribution < 1.29 is 13.2 Å². The molecule has 1 N–H and O–H groups in total. The molecule has 29 heavy (non-hydrogen) atoms. The molecule has 0 spiro atoms. The molecular formula is C22H27F3N4. The van der Waals surface area contributed by atoms with Crippen LogP contribution >= 0.6 is 0 Å². The first-order chi connectivity index (χ1) is 13.7. The van der Waals surface area contributed by atoms with E-state index in [0.29, 0.717) is 5.69 Å². The Labute approximate surface area is 169 Å². The van der Waals surface area contributed by atoms with Gasteiger partial charge in [0.25, 0.3) is 0 Å². The Morgan fingerprint density at radius 1 is 1.17 bits per heavy atom. The molecule has 0 amide bonds. The molecule has 0 saturated carbocycles. The fourth-order valence-corrected chi connectivity index (χ4v) is 3.42. The van der Waals surface area contributed by atoms with E-state index < -0.39 is 11.9 Å². The number of alkyl halides is 3. The second kappa shape index (κ2) is 8.35. The molecule has 2 aromatic rings. The highest BCUT2D eigenvalue weighted by Crippen LogP contribution is 2.35. The van der Waals surface area contributed by atoms with Gasteiger partial charge in [-0.2, -0.15) is 18.3 Å². The monoisotopic (exact) mass is 404 g/mol. The molecule has 0 saturated heterocycles. The lowest BCUT2D eigenvalue weighted by Crippen LogP contribution is -2.23. The van der Waals surface area contributed by atoms with Crippen molar-refractivity contribution in [2.75, 3.05) is 18.0 Å². The van der Waals surface area contributed by atoms with E-state index in [0.717, 1.165) is 43.2 Å². The molecule has 1 aliphatic rings. The van der Waals surface area contributed by atoms with Crippen molar-refractivity contribution in [3.05, 3.63) is 59.1 Å². The maximum absolute atomic E-state index is 13.0. The van der Waals surface area contributed by atoms with E-state index in [-0.39, 0.29) is 0 Å². The molecule has 0 aliphatic carbocycles. The van der Waals surface area contributed by atoms with Crippen LogP contribution in [0.3, 0.4) is 0 Å². The predicted octanol–water partition coefficient (Wildman–Crippen LogP) is 5.28. The van der Waals surface area contributed by atoms with Crippen LogP contribution in [-0.2, 0) is 19.6 Å². The Bertz CT molecular complexity index is 938. The van der Waals surface area contributed by atoms with Crippen molar-refractivity contribution in [2.24, 2.45) is 7.05 Å². The summed E-state index contributed by atoms with van der Waals surface area (Å²) in [6.07, 6.45) is 1.49. The quantitative estimate of drug-likeness (QED) is 0.712. The predicted molar refractivity (Wildman–Crippen MR) is 111 cm³/mol. The van der Waals surface area contributed by atoms with Crippen LogP contribution in [0.2, 0.25) is 0 Å². The number of benzene rings is 1. The summed E-state index contributed by atoms with van der Waals surface area (Å²) in [6.45, 7) is 7.93. The zero-order valence-corrected chi connectivity index (χ0v) is 17.3. The van der Waals surface area contributed by atoms with Gasteiger partial charge >= 0.3 is 6.18 Å².